The molecular formula is C31H39ClFN5O2S. The van der Waals surface area contributed by atoms with Crippen molar-refractivity contribution in [2.45, 2.75) is 64.5 Å². The number of hydrogen-bond donors (Lipinski definition) is 2. The summed E-state index contributed by atoms with van der Waals surface area (Å²) in [7, 11) is 0. The Bertz CT molecular complexity index is 1260. The van der Waals surface area contributed by atoms with Crippen molar-refractivity contribution in [3.63, 3.8) is 0 Å². The van der Waals surface area contributed by atoms with Gasteiger partial charge >= 0.3 is 0 Å². The lowest BCUT2D eigenvalue weighted by molar-refractivity contribution is -0.116. The first kappa shape index (κ1) is 31.2. The standard InChI is InChI=1S/C31H39ClFN5O2S/c1-4-16-41-38-15-14-34-18-24(38)12-13-25-27(33)6-5-7-28(25)37-30(39)17-26(22-8-10-23(32)11-9-22)29-19-36-31(20-35-29)40-21(2)3/h5-11,19-21,24,26,34H,4,12-18H2,1-3H3,(H,37,39). The van der Waals surface area contributed by atoms with E-state index in [1.807, 2.05) is 37.9 Å². The van der Waals surface area contributed by atoms with Crippen molar-refractivity contribution in [1.82, 2.24) is 19.6 Å². The average molecular weight is 600 g/mol. The van der Waals surface area contributed by atoms with Gasteiger partial charge < -0.3 is 15.4 Å². The molecular weight excluding hydrogens is 561 g/mol. The molecule has 0 aliphatic carbocycles. The molecule has 0 radical (unpaired) electrons. The number of halogens is 2. The highest BCUT2D eigenvalue weighted by molar-refractivity contribution is 7.97. The molecule has 0 spiro atoms. The van der Waals surface area contributed by atoms with Gasteiger partial charge in [0.25, 0.3) is 0 Å². The van der Waals surface area contributed by atoms with Crippen LogP contribution in [0.5, 0.6) is 5.88 Å². The molecule has 2 unspecified atom stereocenters. The molecule has 1 fully saturated rings. The molecule has 10 heteroatoms. The molecule has 2 N–H and O–H groups in total. The second-order valence-electron chi connectivity index (χ2n) is 10.4. The van der Waals surface area contributed by atoms with Gasteiger partial charge in [0.2, 0.25) is 11.8 Å². The van der Waals surface area contributed by atoms with E-state index in [1.165, 1.54) is 6.07 Å². The third kappa shape index (κ3) is 9.13. The van der Waals surface area contributed by atoms with Crippen molar-refractivity contribution >= 4 is 35.1 Å². The number of benzene rings is 2. The fourth-order valence-electron chi connectivity index (χ4n) is 4.89. The van der Waals surface area contributed by atoms with Gasteiger partial charge in [-0.2, -0.15) is 0 Å². The van der Waals surface area contributed by atoms with Gasteiger partial charge in [-0.05, 0) is 62.9 Å². The minimum Gasteiger partial charge on any atom is -0.474 e. The molecule has 1 aromatic heterocycles. The zero-order valence-electron chi connectivity index (χ0n) is 23.9. The molecule has 4 rings (SSSR count). The SMILES string of the molecule is CCCSN1CCNCC1CCc1c(F)cccc1NC(=O)CC(c1ccc(Cl)cc1)c1cnc(OC(C)C)cn1. The Morgan fingerprint density at radius 3 is 2.73 bits per heavy atom. The Morgan fingerprint density at radius 1 is 1.22 bits per heavy atom. The van der Waals surface area contributed by atoms with Gasteiger partial charge in [-0.1, -0.05) is 48.7 Å². The zero-order chi connectivity index (χ0) is 29.2. The molecule has 1 aliphatic rings. The van der Waals surface area contributed by atoms with Crippen LogP contribution in [0.3, 0.4) is 0 Å². The highest BCUT2D eigenvalue weighted by Crippen LogP contribution is 2.30. The predicted molar refractivity (Wildman–Crippen MR) is 165 cm³/mol. The first-order valence-electron chi connectivity index (χ1n) is 14.3. The van der Waals surface area contributed by atoms with E-state index in [2.05, 4.69) is 31.8 Å². The lowest BCUT2D eigenvalue weighted by atomic mass is 9.92. The van der Waals surface area contributed by atoms with Crippen LogP contribution in [0, 0.1) is 5.82 Å². The number of nitrogens with zero attached hydrogens (tertiary/aromatic N) is 3. The number of piperazine rings is 1. The monoisotopic (exact) mass is 599 g/mol. The third-order valence-corrected chi connectivity index (χ3v) is 8.56. The van der Waals surface area contributed by atoms with Gasteiger partial charge in [0.05, 0.1) is 24.2 Å². The second kappa shape index (κ2) is 15.5. The number of carbonyl (C=O) groups is 1. The van der Waals surface area contributed by atoms with Crippen LogP contribution < -0.4 is 15.4 Å². The maximum atomic E-state index is 15.1. The number of aromatic nitrogens is 2. The van der Waals surface area contributed by atoms with E-state index in [-0.39, 0.29) is 30.2 Å². The number of rotatable bonds is 13. The van der Waals surface area contributed by atoms with Crippen LogP contribution in [0.25, 0.3) is 0 Å². The number of anilines is 1. The van der Waals surface area contributed by atoms with Crippen molar-refractivity contribution in [3.05, 3.63) is 82.5 Å². The summed E-state index contributed by atoms with van der Waals surface area (Å²) >= 11 is 8.00. The van der Waals surface area contributed by atoms with Crippen LogP contribution in [0.15, 0.2) is 54.9 Å². The molecule has 1 aliphatic heterocycles. The molecule has 0 bridgehead atoms. The van der Waals surface area contributed by atoms with Crippen LogP contribution >= 0.6 is 23.5 Å². The summed E-state index contributed by atoms with van der Waals surface area (Å²) in [6.07, 6.45) is 5.72. The van der Waals surface area contributed by atoms with Gasteiger partial charge in [0.15, 0.2) is 0 Å². The first-order valence-corrected chi connectivity index (χ1v) is 15.6. The molecule has 1 saturated heterocycles. The molecule has 1 amide bonds. The Hall–Kier alpha value is -2.72. The second-order valence-corrected chi connectivity index (χ2v) is 12.0. The lowest BCUT2D eigenvalue weighted by Crippen LogP contribution is -2.48. The van der Waals surface area contributed by atoms with Crippen molar-refractivity contribution in [1.29, 1.82) is 0 Å². The maximum absolute atomic E-state index is 15.1. The molecule has 220 valence electrons. The third-order valence-electron chi connectivity index (χ3n) is 6.90. The van der Waals surface area contributed by atoms with Gasteiger partial charge in [-0.3, -0.25) is 9.78 Å². The maximum Gasteiger partial charge on any atom is 0.232 e. The Kier molecular flexibility index (Phi) is 11.8. The number of ether oxygens (including phenoxy) is 1. The van der Waals surface area contributed by atoms with Crippen LogP contribution in [-0.4, -0.2) is 57.7 Å². The van der Waals surface area contributed by atoms with Crippen molar-refractivity contribution in [3.8, 4) is 5.88 Å². The van der Waals surface area contributed by atoms with Crippen LogP contribution in [0.4, 0.5) is 10.1 Å². The summed E-state index contributed by atoms with van der Waals surface area (Å²) < 4.78 is 23.1. The number of amides is 1. The van der Waals surface area contributed by atoms with E-state index in [1.54, 1.807) is 36.7 Å². The predicted octanol–water partition coefficient (Wildman–Crippen LogP) is 6.48. The fraction of sp³-hybridized carbons (Fsp3) is 0.452. The van der Waals surface area contributed by atoms with E-state index >= 15 is 4.39 Å². The molecule has 41 heavy (non-hydrogen) atoms. The summed E-state index contributed by atoms with van der Waals surface area (Å²) in [5.41, 5.74) is 2.55. The van der Waals surface area contributed by atoms with E-state index in [9.17, 15) is 4.79 Å². The molecule has 7 nitrogen and oxygen atoms in total. The van der Waals surface area contributed by atoms with Crippen molar-refractivity contribution < 1.29 is 13.9 Å². The van der Waals surface area contributed by atoms with E-state index < -0.39 is 0 Å². The van der Waals surface area contributed by atoms with Crippen LogP contribution in [0.2, 0.25) is 5.02 Å². The Balaban J connectivity index is 1.49. The lowest BCUT2D eigenvalue weighted by Gasteiger charge is -2.35. The summed E-state index contributed by atoms with van der Waals surface area (Å²) in [4.78, 5) is 22.4. The fourth-order valence-corrected chi connectivity index (χ4v) is 6.05. The highest BCUT2D eigenvalue weighted by Gasteiger charge is 2.25. The average Bonchev–Trinajstić information content (AvgIpc) is 2.96. The number of carbonyl (C=O) groups excluding carboxylic acids is 1. The molecule has 0 saturated carbocycles. The van der Waals surface area contributed by atoms with Gasteiger partial charge in [0.1, 0.15) is 5.82 Å². The van der Waals surface area contributed by atoms with E-state index in [0.717, 1.165) is 43.8 Å². The van der Waals surface area contributed by atoms with Gasteiger partial charge in [0, 0.05) is 60.0 Å². The molecule has 2 heterocycles. The largest absolute Gasteiger partial charge is 0.474 e. The first-order chi connectivity index (χ1) is 19.8. The molecule has 2 atom stereocenters. The van der Waals surface area contributed by atoms with E-state index in [0.29, 0.717) is 40.3 Å². The minimum atomic E-state index is -0.373. The van der Waals surface area contributed by atoms with Crippen LogP contribution in [-0.2, 0) is 11.2 Å². The number of nitrogens with one attached hydrogen (secondary N) is 2. The minimum absolute atomic E-state index is 0.0269. The van der Waals surface area contributed by atoms with Gasteiger partial charge in [-0.25, -0.2) is 13.7 Å². The molecule has 2 aromatic carbocycles. The van der Waals surface area contributed by atoms with Crippen LogP contribution in [0.1, 0.15) is 62.8 Å². The molecule has 3 aromatic rings. The smallest absolute Gasteiger partial charge is 0.232 e. The van der Waals surface area contributed by atoms with Gasteiger partial charge in [-0.15, -0.1) is 0 Å². The quantitative estimate of drug-likeness (QED) is 0.218. The Labute approximate surface area is 251 Å². The van der Waals surface area contributed by atoms with Crippen molar-refractivity contribution in [2.75, 3.05) is 30.7 Å². The summed E-state index contributed by atoms with van der Waals surface area (Å²) in [5, 5.41) is 7.06. The number of hydrogen-bond acceptors (Lipinski definition) is 7. The summed E-state index contributed by atoms with van der Waals surface area (Å²) in [6, 6.07) is 12.5. The zero-order valence-corrected chi connectivity index (χ0v) is 25.5. The summed E-state index contributed by atoms with van der Waals surface area (Å²) in [5.74, 6) is 0.583. The van der Waals surface area contributed by atoms with E-state index in [4.69, 9.17) is 16.3 Å². The van der Waals surface area contributed by atoms with Crippen molar-refractivity contribution in [2.24, 2.45) is 0 Å². The highest BCUT2D eigenvalue weighted by atomic mass is 35.5. The summed E-state index contributed by atoms with van der Waals surface area (Å²) in [6.45, 7) is 8.82. The Morgan fingerprint density at radius 2 is 2.02 bits per heavy atom. The normalized spacial score (nSPS) is 16.5. The topological polar surface area (TPSA) is 79.4 Å².